The maximum atomic E-state index is 14.3. The minimum atomic E-state index is -0.426. The third-order valence-corrected chi connectivity index (χ3v) is 7.37. The first-order chi connectivity index (χ1) is 19.0. The molecule has 39 heavy (non-hydrogen) atoms. The summed E-state index contributed by atoms with van der Waals surface area (Å²) in [5.41, 5.74) is 2.99. The molecule has 0 radical (unpaired) electrons. The first kappa shape index (κ1) is 26.4. The lowest BCUT2D eigenvalue weighted by atomic mass is 10.0. The molecular weight excluding hydrogens is 495 g/mol. The van der Waals surface area contributed by atoms with E-state index < -0.39 is 12.1 Å². The summed E-state index contributed by atoms with van der Waals surface area (Å²) < 4.78 is 22.8. The quantitative estimate of drug-likeness (QED) is 0.307. The molecule has 0 saturated carbocycles. The fraction of sp³-hybridized carbons (Fsp3) is 0.290. The molecule has 8 heteroatoms. The topological polar surface area (TPSA) is 59.7 Å². The number of esters is 1. The van der Waals surface area contributed by atoms with E-state index in [4.69, 9.17) is 4.74 Å². The van der Waals surface area contributed by atoms with Crippen molar-refractivity contribution in [3.8, 4) is 5.69 Å². The van der Waals surface area contributed by atoms with Crippen LogP contribution < -0.4 is 10.6 Å². The van der Waals surface area contributed by atoms with Crippen LogP contribution in [0.15, 0.2) is 96.1 Å². The number of ether oxygens (including phenoxy) is 1. The Kier molecular flexibility index (Phi) is 7.93. The van der Waals surface area contributed by atoms with Gasteiger partial charge < -0.3 is 9.64 Å². The number of carbonyl (C=O) groups is 1. The van der Waals surface area contributed by atoms with E-state index in [0.29, 0.717) is 12.2 Å². The van der Waals surface area contributed by atoms with E-state index in [2.05, 4.69) is 9.80 Å². The van der Waals surface area contributed by atoms with E-state index in [1.165, 1.54) is 10.6 Å². The van der Waals surface area contributed by atoms with Gasteiger partial charge in [0.15, 0.2) is 0 Å². The second-order valence-electron chi connectivity index (χ2n) is 9.66. The van der Waals surface area contributed by atoms with Gasteiger partial charge in [0.1, 0.15) is 11.9 Å². The Morgan fingerprint density at radius 2 is 1.51 bits per heavy atom. The van der Waals surface area contributed by atoms with Gasteiger partial charge in [-0.25, -0.2) is 14.0 Å². The average Bonchev–Trinajstić information content (AvgIpc) is 3.35. The first-order valence-electron chi connectivity index (χ1n) is 13.3. The number of hydrogen-bond acceptors (Lipinski definition) is 5. The molecule has 5 rings (SSSR count). The van der Waals surface area contributed by atoms with Gasteiger partial charge in [0, 0.05) is 49.8 Å². The number of benzene rings is 3. The van der Waals surface area contributed by atoms with Crippen molar-refractivity contribution in [2.24, 2.45) is 0 Å². The number of anilines is 1. The van der Waals surface area contributed by atoms with Crippen molar-refractivity contribution in [3.05, 3.63) is 119 Å². The van der Waals surface area contributed by atoms with Crippen molar-refractivity contribution in [1.82, 2.24) is 14.0 Å². The summed E-state index contributed by atoms with van der Waals surface area (Å²) >= 11 is 0. The Balaban J connectivity index is 1.27. The van der Waals surface area contributed by atoms with Crippen molar-refractivity contribution in [3.63, 3.8) is 0 Å². The zero-order chi connectivity index (χ0) is 27.4. The first-order valence-corrected chi connectivity index (χ1v) is 13.3. The van der Waals surface area contributed by atoms with E-state index in [1.807, 2.05) is 68.4 Å². The van der Waals surface area contributed by atoms with Crippen molar-refractivity contribution in [1.29, 1.82) is 0 Å². The van der Waals surface area contributed by atoms with E-state index >= 15 is 0 Å². The van der Waals surface area contributed by atoms with Gasteiger partial charge in [0.2, 0.25) is 0 Å². The lowest BCUT2D eigenvalue weighted by molar-refractivity contribution is -0.150. The molecule has 2 atom stereocenters. The minimum absolute atomic E-state index is 0.219. The minimum Gasteiger partial charge on any atom is -0.465 e. The molecule has 0 bridgehead atoms. The van der Waals surface area contributed by atoms with Crippen LogP contribution in [0.25, 0.3) is 5.69 Å². The van der Waals surface area contributed by atoms with Gasteiger partial charge >= 0.3 is 11.7 Å². The number of carbonyl (C=O) groups excluding carboxylic acids is 1. The Hall–Kier alpha value is -4.17. The van der Waals surface area contributed by atoms with Crippen LogP contribution in [-0.4, -0.2) is 52.8 Å². The number of piperazine rings is 1. The predicted octanol–water partition coefficient (Wildman–Crippen LogP) is 4.81. The largest absolute Gasteiger partial charge is 0.465 e. The second kappa shape index (κ2) is 11.7. The monoisotopic (exact) mass is 528 g/mol. The molecule has 202 valence electrons. The van der Waals surface area contributed by atoms with Crippen LogP contribution in [0.3, 0.4) is 0 Å². The summed E-state index contributed by atoms with van der Waals surface area (Å²) in [5, 5.41) is 0. The molecule has 0 aliphatic carbocycles. The van der Waals surface area contributed by atoms with E-state index in [9.17, 15) is 14.0 Å². The molecule has 1 aromatic heterocycles. The molecule has 0 spiro atoms. The van der Waals surface area contributed by atoms with Crippen LogP contribution in [0.5, 0.6) is 0 Å². The number of nitrogens with zero attached hydrogens (tertiary/aromatic N) is 4. The Bertz CT molecular complexity index is 1460. The molecule has 1 saturated heterocycles. The fourth-order valence-electron chi connectivity index (χ4n) is 5.26. The summed E-state index contributed by atoms with van der Waals surface area (Å²) in [5.74, 6) is -0.547. The Morgan fingerprint density at radius 1 is 0.872 bits per heavy atom. The van der Waals surface area contributed by atoms with Gasteiger partial charge in [-0.1, -0.05) is 48.5 Å². The Morgan fingerprint density at radius 3 is 2.18 bits per heavy atom. The van der Waals surface area contributed by atoms with E-state index in [-0.39, 0.29) is 17.5 Å². The van der Waals surface area contributed by atoms with Crippen LogP contribution in [-0.2, 0) is 9.53 Å². The highest BCUT2D eigenvalue weighted by atomic mass is 19.1. The van der Waals surface area contributed by atoms with Crippen LogP contribution >= 0.6 is 0 Å². The summed E-state index contributed by atoms with van der Waals surface area (Å²) in [4.78, 5) is 30.4. The van der Waals surface area contributed by atoms with Gasteiger partial charge in [-0.2, -0.15) is 0 Å². The zero-order valence-corrected chi connectivity index (χ0v) is 22.2. The molecule has 0 N–H and O–H groups in total. The smallest absolute Gasteiger partial charge is 0.333 e. The molecule has 4 aromatic rings. The zero-order valence-electron chi connectivity index (χ0n) is 22.2. The van der Waals surface area contributed by atoms with Gasteiger partial charge in [0.25, 0.3) is 0 Å². The SMILES string of the molecule is CCOC(=O)C(c1ccccc1)N1CCN(c2ccc(-n3ccn([C@@H](C)c4ccccc4F)c3=O)cc2)CC1. The van der Waals surface area contributed by atoms with Crippen LogP contribution in [0.4, 0.5) is 10.1 Å². The molecule has 1 unspecified atom stereocenters. The highest BCUT2D eigenvalue weighted by Crippen LogP contribution is 2.26. The summed E-state index contributed by atoms with van der Waals surface area (Å²) in [6.07, 6.45) is 3.41. The van der Waals surface area contributed by atoms with Crippen molar-refractivity contribution in [2.45, 2.75) is 25.9 Å². The van der Waals surface area contributed by atoms with Crippen LogP contribution in [0.2, 0.25) is 0 Å². The normalized spacial score (nSPS) is 15.6. The highest BCUT2D eigenvalue weighted by Gasteiger charge is 2.31. The van der Waals surface area contributed by atoms with Crippen molar-refractivity contribution >= 4 is 11.7 Å². The maximum absolute atomic E-state index is 14.3. The average molecular weight is 529 g/mol. The molecule has 2 heterocycles. The number of hydrogen-bond donors (Lipinski definition) is 0. The summed E-state index contributed by atoms with van der Waals surface area (Å²) in [7, 11) is 0. The van der Waals surface area contributed by atoms with Crippen molar-refractivity contribution < 1.29 is 13.9 Å². The second-order valence-corrected chi connectivity index (χ2v) is 9.66. The molecule has 3 aromatic carbocycles. The standard InChI is InChI=1S/C31H33FN4O3/c1-3-39-30(37)29(24-9-5-4-6-10-24)34-19-17-33(18-20-34)25-13-15-26(16-14-25)36-22-21-35(31(36)38)23(2)27-11-7-8-12-28(27)32/h4-16,21-23,29H,3,17-20H2,1-2H3/t23-,29?/m0/s1. The summed E-state index contributed by atoms with van der Waals surface area (Å²) in [6, 6.07) is 23.3. The lowest BCUT2D eigenvalue weighted by Gasteiger charge is -2.39. The number of imidazole rings is 1. The molecule has 1 fully saturated rings. The number of aromatic nitrogens is 2. The van der Waals surface area contributed by atoms with Crippen LogP contribution in [0.1, 0.15) is 37.1 Å². The molecular formula is C31H33FN4O3. The van der Waals surface area contributed by atoms with Gasteiger partial charge in [-0.3, -0.25) is 14.0 Å². The Labute approximate surface area is 227 Å². The van der Waals surface area contributed by atoms with Crippen LogP contribution in [0, 0.1) is 5.82 Å². The van der Waals surface area contributed by atoms with E-state index in [0.717, 1.165) is 43.1 Å². The van der Waals surface area contributed by atoms with Crippen molar-refractivity contribution in [2.75, 3.05) is 37.7 Å². The van der Waals surface area contributed by atoms with Gasteiger partial charge in [0.05, 0.1) is 18.3 Å². The molecule has 7 nitrogen and oxygen atoms in total. The third-order valence-electron chi connectivity index (χ3n) is 7.37. The highest BCUT2D eigenvalue weighted by molar-refractivity contribution is 5.77. The number of halogens is 1. The third kappa shape index (κ3) is 5.52. The van der Waals surface area contributed by atoms with Gasteiger partial charge in [-0.15, -0.1) is 0 Å². The maximum Gasteiger partial charge on any atom is 0.333 e. The number of rotatable bonds is 8. The predicted molar refractivity (Wildman–Crippen MR) is 150 cm³/mol. The summed E-state index contributed by atoms with van der Waals surface area (Å²) in [6.45, 7) is 6.96. The molecule has 1 aliphatic rings. The van der Waals surface area contributed by atoms with Gasteiger partial charge in [-0.05, 0) is 49.7 Å². The van der Waals surface area contributed by atoms with E-state index in [1.54, 1.807) is 35.2 Å². The fourth-order valence-corrected chi connectivity index (χ4v) is 5.26. The molecule has 1 aliphatic heterocycles. The molecule has 0 amide bonds. The lowest BCUT2D eigenvalue weighted by Crippen LogP contribution is -2.49.